The number of carbonyl (C=O) groups is 1. The van der Waals surface area contributed by atoms with Gasteiger partial charge in [0.1, 0.15) is 17.4 Å². The first-order valence-corrected chi connectivity index (χ1v) is 5.78. The Labute approximate surface area is 110 Å². The van der Waals surface area contributed by atoms with Crippen LogP contribution in [0, 0.1) is 11.6 Å². The van der Waals surface area contributed by atoms with Crippen molar-refractivity contribution in [3.8, 4) is 5.75 Å². The molecule has 0 aromatic heterocycles. The summed E-state index contributed by atoms with van der Waals surface area (Å²) in [5.41, 5.74) is 0.0652. The van der Waals surface area contributed by atoms with Crippen LogP contribution in [0.2, 0.25) is 0 Å². The van der Waals surface area contributed by atoms with E-state index in [2.05, 4.69) is 15.9 Å². The average molecular weight is 313 g/mol. The highest BCUT2D eigenvalue weighted by molar-refractivity contribution is 9.10. The van der Waals surface area contributed by atoms with Gasteiger partial charge in [0.15, 0.2) is 0 Å². The molecule has 0 heterocycles. The van der Waals surface area contributed by atoms with Crippen LogP contribution < -0.4 is 4.74 Å². The minimum atomic E-state index is -0.744. The van der Waals surface area contributed by atoms with Crippen molar-refractivity contribution in [2.24, 2.45) is 0 Å². The lowest BCUT2D eigenvalue weighted by molar-refractivity contribution is 0.0734. The van der Waals surface area contributed by atoms with Gasteiger partial charge in [-0.2, -0.15) is 0 Å². The van der Waals surface area contributed by atoms with Crippen molar-refractivity contribution in [3.05, 3.63) is 64.1 Å². The molecular weight excluding hydrogens is 306 g/mol. The van der Waals surface area contributed by atoms with E-state index in [1.807, 2.05) is 0 Å². The molecule has 0 N–H and O–H groups in total. The molecule has 2 aromatic carbocycles. The molecule has 0 radical (unpaired) electrons. The van der Waals surface area contributed by atoms with Crippen molar-refractivity contribution in [2.45, 2.75) is 0 Å². The second kappa shape index (κ2) is 5.27. The van der Waals surface area contributed by atoms with Crippen molar-refractivity contribution >= 4 is 21.9 Å². The number of rotatable bonds is 2. The molecule has 0 spiro atoms. The largest absolute Gasteiger partial charge is 0.423 e. The number of hydrogen-bond acceptors (Lipinski definition) is 2. The lowest BCUT2D eigenvalue weighted by Gasteiger charge is -2.05. The number of carbonyl (C=O) groups excluding carboxylic acids is 1. The summed E-state index contributed by atoms with van der Waals surface area (Å²) >= 11 is 3.08. The molecule has 2 aromatic rings. The van der Waals surface area contributed by atoms with Crippen LogP contribution >= 0.6 is 15.9 Å². The van der Waals surface area contributed by atoms with Crippen LogP contribution in [0.3, 0.4) is 0 Å². The molecule has 18 heavy (non-hydrogen) atoms. The predicted molar refractivity (Wildman–Crippen MR) is 65.5 cm³/mol. The molecule has 2 nitrogen and oxygen atoms in total. The van der Waals surface area contributed by atoms with E-state index >= 15 is 0 Å². The smallest absolute Gasteiger partial charge is 0.343 e. The van der Waals surface area contributed by atoms with Crippen LogP contribution in [0.1, 0.15) is 10.4 Å². The quantitative estimate of drug-likeness (QED) is 0.620. The average Bonchev–Trinajstić information content (AvgIpc) is 2.27. The van der Waals surface area contributed by atoms with Crippen molar-refractivity contribution in [1.29, 1.82) is 0 Å². The number of ether oxygens (including phenoxy) is 1. The van der Waals surface area contributed by atoms with E-state index in [0.717, 1.165) is 12.1 Å². The first-order chi connectivity index (χ1) is 8.54. The molecule has 2 rings (SSSR count). The van der Waals surface area contributed by atoms with Gasteiger partial charge in [0.2, 0.25) is 0 Å². The van der Waals surface area contributed by atoms with Gasteiger partial charge in [-0.05, 0) is 30.3 Å². The maximum absolute atomic E-state index is 13.1. The van der Waals surface area contributed by atoms with E-state index in [9.17, 15) is 13.6 Å². The Morgan fingerprint density at radius 3 is 2.50 bits per heavy atom. The normalized spacial score (nSPS) is 10.2. The van der Waals surface area contributed by atoms with Crippen LogP contribution in [0.15, 0.2) is 46.9 Å². The Morgan fingerprint density at radius 2 is 1.83 bits per heavy atom. The zero-order valence-electron chi connectivity index (χ0n) is 8.99. The Morgan fingerprint density at radius 1 is 1.06 bits per heavy atom. The summed E-state index contributed by atoms with van der Waals surface area (Å²) in [7, 11) is 0. The van der Waals surface area contributed by atoms with Crippen LogP contribution in [-0.4, -0.2) is 5.97 Å². The van der Waals surface area contributed by atoms with E-state index in [4.69, 9.17) is 4.74 Å². The van der Waals surface area contributed by atoms with Gasteiger partial charge in [-0.15, -0.1) is 0 Å². The minimum absolute atomic E-state index is 0.0520. The van der Waals surface area contributed by atoms with Crippen LogP contribution in [-0.2, 0) is 0 Å². The number of esters is 1. The molecule has 0 saturated heterocycles. The Hall–Kier alpha value is -1.75. The van der Waals surface area contributed by atoms with Gasteiger partial charge < -0.3 is 4.74 Å². The van der Waals surface area contributed by atoms with Crippen molar-refractivity contribution < 1.29 is 18.3 Å². The van der Waals surface area contributed by atoms with Gasteiger partial charge in [0.05, 0.1) is 5.56 Å². The molecule has 0 atom stereocenters. The lowest BCUT2D eigenvalue weighted by atomic mass is 10.2. The minimum Gasteiger partial charge on any atom is -0.423 e. The molecular formula is C13H7BrF2O2. The van der Waals surface area contributed by atoms with Gasteiger partial charge in [-0.25, -0.2) is 13.6 Å². The van der Waals surface area contributed by atoms with Crippen molar-refractivity contribution in [3.63, 3.8) is 0 Å². The molecule has 0 fully saturated rings. The number of hydrogen-bond donors (Lipinski definition) is 0. The zero-order chi connectivity index (χ0) is 13.1. The summed E-state index contributed by atoms with van der Waals surface area (Å²) in [6.45, 7) is 0. The third-order valence-electron chi connectivity index (χ3n) is 2.11. The SMILES string of the molecule is O=C(Oc1cc(F)cc(Br)c1)c1cccc(F)c1. The third-order valence-corrected chi connectivity index (χ3v) is 2.56. The summed E-state index contributed by atoms with van der Waals surface area (Å²) in [5, 5.41) is 0. The Kier molecular flexibility index (Phi) is 3.72. The standard InChI is InChI=1S/C13H7BrF2O2/c14-9-5-11(16)7-12(6-9)18-13(17)8-2-1-3-10(15)4-8/h1-7H. The molecule has 92 valence electrons. The predicted octanol–water partition coefficient (Wildman–Crippen LogP) is 3.95. The second-order valence-corrected chi connectivity index (χ2v) is 4.42. The highest BCUT2D eigenvalue weighted by Crippen LogP contribution is 2.21. The second-order valence-electron chi connectivity index (χ2n) is 3.51. The Balaban J connectivity index is 2.21. The topological polar surface area (TPSA) is 26.3 Å². The summed E-state index contributed by atoms with van der Waals surface area (Å²) < 4.78 is 31.4. The maximum Gasteiger partial charge on any atom is 0.343 e. The fourth-order valence-corrected chi connectivity index (χ4v) is 1.81. The number of benzene rings is 2. The highest BCUT2D eigenvalue weighted by Gasteiger charge is 2.10. The van der Waals surface area contributed by atoms with Gasteiger partial charge in [0.25, 0.3) is 0 Å². The van der Waals surface area contributed by atoms with E-state index in [1.54, 1.807) is 0 Å². The fourth-order valence-electron chi connectivity index (χ4n) is 1.37. The van der Waals surface area contributed by atoms with E-state index in [-0.39, 0.29) is 11.3 Å². The van der Waals surface area contributed by atoms with E-state index in [0.29, 0.717) is 4.47 Å². The summed E-state index contributed by atoms with van der Waals surface area (Å²) in [6, 6.07) is 8.83. The van der Waals surface area contributed by atoms with Crippen LogP contribution in [0.5, 0.6) is 5.75 Å². The summed E-state index contributed by atoms with van der Waals surface area (Å²) in [4.78, 5) is 11.7. The van der Waals surface area contributed by atoms with Crippen LogP contribution in [0.25, 0.3) is 0 Å². The molecule has 0 aliphatic heterocycles. The third kappa shape index (κ3) is 3.13. The van der Waals surface area contributed by atoms with E-state index < -0.39 is 17.6 Å². The fraction of sp³-hybridized carbons (Fsp3) is 0. The lowest BCUT2D eigenvalue weighted by Crippen LogP contribution is -2.08. The van der Waals surface area contributed by atoms with Gasteiger partial charge >= 0.3 is 5.97 Å². The molecule has 0 unspecified atom stereocenters. The molecule has 0 saturated carbocycles. The first-order valence-electron chi connectivity index (χ1n) is 4.98. The Bertz CT molecular complexity index is 579. The monoisotopic (exact) mass is 312 g/mol. The van der Waals surface area contributed by atoms with Gasteiger partial charge in [-0.1, -0.05) is 22.0 Å². The summed E-state index contributed by atoms with van der Waals surface area (Å²) in [5.74, 6) is -1.76. The zero-order valence-corrected chi connectivity index (χ0v) is 10.6. The molecule has 5 heteroatoms. The van der Waals surface area contributed by atoms with E-state index in [1.165, 1.54) is 30.3 Å². The molecule has 0 aliphatic carbocycles. The molecule has 0 bridgehead atoms. The first kappa shape index (κ1) is 12.7. The molecule has 0 aliphatic rings. The highest BCUT2D eigenvalue weighted by atomic mass is 79.9. The van der Waals surface area contributed by atoms with Crippen molar-refractivity contribution in [2.75, 3.05) is 0 Å². The van der Waals surface area contributed by atoms with Crippen molar-refractivity contribution in [1.82, 2.24) is 0 Å². The van der Waals surface area contributed by atoms with Gasteiger partial charge in [-0.3, -0.25) is 0 Å². The molecule has 0 amide bonds. The van der Waals surface area contributed by atoms with Gasteiger partial charge in [0, 0.05) is 10.5 Å². The summed E-state index contributed by atoms with van der Waals surface area (Å²) in [6.07, 6.45) is 0. The van der Waals surface area contributed by atoms with Crippen LogP contribution in [0.4, 0.5) is 8.78 Å². The number of halogens is 3. The maximum atomic E-state index is 13.1.